The Balaban J connectivity index is 1.13. The van der Waals surface area contributed by atoms with E-state index in [0.29, 0.717) is 34.9 Å². The molecule has 0 radical (unpaired) electrons. The highest BCUT2D eigenvalue weighted by atomic mass is 32.1. The standard InChI is InChI=1S/C57H38N6S/c1-57(2)46-29-14-12-24-40(46)42-27-16-28-44(50(42)57)55-60-53(37-22-10-5-11-23-37)59-54(63-55)38-32-33-39(41-26-17-31-48-49(41)43-25-13-15-30-47(43)64-48)45(34-38)56-61-51(35-18-6-3-7-19-35)58-52(62-56)36-20-8-4-9-21-36/h3-34H,1-2H3. The molecule has 0 spiro atoms. The minimum Gasteiger partial charge on any atom is -0.208 e. The number of rotatable bonds is 7. The van der Waals surface area contributed by atoms with Gasteiger partial charge in [-0.25, -0.2) is 29.9 Å². The van der Waals surface area contributed by atoms with Crippen LogP contribution in [0.2, 0.25) is 0 Å². The molecule has 1 aliphatic rings. The van der Waals surface area contributed by atoms with Crippen LogP contribution in [-0.4, -0.2) is 29.9 Å². The Bertz CT molecular complexity index is 3530. The van der Waals surface area contributed by atoms with Gasteiger partial charge >= 0.3 is 0 Å². The van der Waals surface area contributed by atoms with Crippen molar-refractivity contribution < 1.29 is 0 Å². The maximum absolute atomic E-state index is 5.38. The van der Waals surface area contributed by atoms with Gasteiger partial charge in [-0.2, -0.15) is 0 Å². The summed E-state index contributed by atoms with van der Waals surface area (Å²) in [6.07, 6.45) is 0. The van der Waals surface area contributed by atoms with Gasteiger partial charge in [-0.1, -0.05) is 190 Å². The highest BCUT2D eigenvalue weighted by Crippen LogP contribution is 2.52. The zero-order chi connectivity index (χ0) is 42.8. The van der Waals surface area contributed by atoms with Crippen LogP contribution in [0.25, 0.3) is 111 Å². The predicted octanol–water partition coefficient (Wildman–Crippen LogP) is 14.4. The lowest BCUT2D eigenvalue weighted by Crippen LogP contribution is -2.17. The Morgan fingerprint density at radius 1 is 0.328 bits per heavy atom. The number of hydrogen-bond donors (Lipinski definition) is 0. The minimum absolute atomic E-state index is 0.268. The summed E-state index contributed by atoms with van der Waals surface area (Å²) in [4.78, 5) is 31.5. The third-order valence-electron chi connectivity index (χ3n) is 12.4. The SMILES string of the molecule is CC1(C)c2ccccc2-c2cccc(-c3nc(-c4ccccc4)nc(-c4ccc(-c5cccc6sc7ccccc7c56)c(-c5nc(-c6ccccc6)nc(-c6ccccc6)n5)c4)n3)c21. The van der Waals surface area contributed by atoms with Crippen LogP contribution in [0.3, 0.4) is 0 Å². The van der Waals surface area contributed by atoms with Crippen LogP contribution < -0.4 is 0 Å². The minimum atomic E-state index is -0.268. The van der Waals surface area contributed by atoms with Crippen molar-refractivity contribution >= 4 is 31.5 Å². The molecule has 0 fully saturated rings. The fourth-order valence-electron chi connectivity index (χ4n) is 9.41. The quantitative estimate of drug-likeness (QED) is 0.159. The number of benzene rings is 8. The molecule has 302 valence electrons. The van der Waals surface area contributed by atoms with Gasteiger partial charge < -0.3 is 0 Å². The lowest BCUT2D eigenvalue weighted by molar-refractivity contribution is 0.661. The molecular formula is C57H38N6S. The van der Waals surface area contributed by atoms with Gasteiger partial charge in [0.05, 0.1) is 0 Å². The third-order valence-corrected chi connectivity index (χ3v) is 13.5. The molecule has 0 saturated heterocycles. The monoisotopic (exact) mass is 838 g/mol. The normalized spacial score (nSPS) is 12.7. The fraction of sp³-hybridized carbons (Fsp3) is 0.0526. The third kappa shape index (κ3) is 6.31. The number of aromatic nitrogens is 6. The molecule has 0 N–H and O–H groups in total. The van der Waals surface area contributed by atoms with E-state index in [0.717, 1.165) is 44.5 Å². The van der Waals surface area contributed by atoms with Crippen molar-refractivity contribution in [2.45, 2.75) is 19.3 Å². The lowest BCUT2D eigenvalue weighted by atomic mass is 9.80. The van der Waals surface area contributed by atoms with Crippen molar-refractivity contribution in [1.82, 2.24) is 29.9 Å². The van der Waals surface area contributed by atoms with Crippen molar-refractivity contribution in [3.05, 3.63) is 205 Å². The molecule has 0 aliphatic heterocycles. The summed E-state index contributed by atoms with van der Waals surface area (Å²) in [5, 5.41) is 2.42. The van der Waals surface area contributed by atoms with E-state index in [1.165, 1.54) is 42.4 Å². The Kier molecular flexibility index (Phi) is 8.91. The number of nitrogens with zero attached hydrogens (tertiary/aromatic N) is 6. The van der Waals surface area contributed by atoms with Crippen LogP contribution in [0.15, 0.2) is 194 Å². The lowest BCUT2D eigenvalue weighted by Gasteiger charge is -2.24. The average Bonchev–Trinajstić information content (AvgIpc) is 3.86. The van der Waals surface area contributed by atoms with E-state index >= 15 is 0 Å². The van der Waals surface area contributed by atoms with Gasteiger partial charge in [-0.05, 0) is 51.6 Å². The fourth-order valence-corrected chi connectivity index (χ4v) is 10.5. The zero-order valence-corrected chi connectivity index (χ0v) is 35.9. The predicted molar refractivity (Wildman–Crippen MR) is 262 cm³/mol. The van der Waals surface area contributed by atoms with Crippen LogP contribution in [0.1, 0.15) is 25.0 Å². The maximum atomic E-state index is 5.38. The summed E-state index contributed by atoms with van der Waals surface area (Å²) >= 11 is 1.81. The second-order valence-electron chi connectivity index (χ2n) is 16.6. The highest BCUT2D eigenvalue weighted by Gasteiger charge is 2.38. The summed E-state index contributed by atoms with van der Waals surface area (Å²) in [6, 6.07) is 67.3. The first-order valence-electron chi connectivity index (χ1n) is 21.5. The Morgan fingerprint density at radius 3 is 1.45 bits per heavy atom. The molecule has 0 saturated carbocycles. The van der Waals surface area contributed by atoms with Gasteiger partial charge in [0.1, 0.15) is 0 Å². The molecule has 0 unspecified atom stereocenters. The van der Waals surface area contributed by atoms with Crippen LogP contribution in [0.5, 0.6) is 0 Å². The molecule has 3 aromatic heterocycles. The number of fused-ring (bicyclic) bond motifs is 6. The van der Waals surface area contributed by atoms with Crippen LogP contribution in [-0.2, 0) is 5.41 Å². The van der Waals surface area contributed by atoms with Crippen LogP contribution in [0, 0.1) is 0 Å². The van der Waals surface area contributed by atoms with Crippen LogP contribution >= 0.6 is 11.3 Å². The first-order valence-corrected chi connectivity index (χ1v) is 22.3. The molecular weight excluding hydrogens is 801 g/mol. The van der Waals surface area contributed by atoms with Crippen molar-refractivity contribution in [1.29, 1.82) is 0 Å². The molecule has 12 rings (SSSR count). The Morgan fingerprint density at radius 2 is 0.797 bits per heavy atom. The van der Waals surface area contributed by atoms with Crippen molar-refractivity contribution in [3.8, 4) is 90.6 Å². The molecule has 0 amide bonds. The molecule has 0 bridgehead atoms. The van der Waals surface area contributed by atoms with E-state index in [4.69, 9.17) is 29.9 Å². The van der Waals surface area contributed by atoms with Gasteiger partial charge in [-0.3, -0.25) is 0 Å². The Labute approximate surface area is 374 Å². The highest BCUT2D eigenvalue weighted by molar-refractivity contribution is 7.25. The maximum Gasteiger partial charge on any atom is 0.164 e. The van der Waals surface area contributed by atoms with Crippen LogP contribution in [0.4, 0.5) is 0 Å². The largest absolute Gasteiger partial charge is 0.208 e. The molecule has 6 nitrogen and oxygen atoms in total. The molecule has 7 heteroatoms. The number of thiophene rings is 1. The summed E-state index contributed by atoms with van der Waals surface area (Å²) < 4.78 is 2.46. The molecule has 64 heavy (non-hydrogen) atoms. The summed E-state index contributed by atoms with van der Waals surface area (Å²) in [6.45, 7) is 4.59. The van der Waals surface area contributed by atoms with Gasteiger partial charge in [0.25, 0.3) is 0 Å². The molecule has 1 aliphatic carbocycles. The van der Waals surface area contributed by atoms with Crippen molar-refractivity contribution in [3.63, 3.8) is 0 Å². The van der Waals surface area contributed by atoms with E-state index in [-0.39, 0.29) is 5.41 Å². The topological polar surface area (TPSA) is 77.3 Å². The van der Waals surface area contributed by atoms with E-state index in [1.807, 2.05) is 78.9 Å². The molecule has 11 aromatic rings. The molecule has 3 heterocycles. The van der Waals surface area contributed by atoms with Crippen molar-refractivity contribution in [2.24, 2.45) is 0 Å². The first-order chi connectivity index (χ1) is 31.5. The van der Waals surface area contributed by atoms with Crippen molar-refractivity contribution in [2.75, 3.05) is 0 Å². The Hall–Kier alpha value is -8.00. The van der Waals surface area contributed by atoms with Gasteiger partial charge in [0.2, 0.25) is 0 Å². The van der Waals surface area contributed by atoms with E-state index in [9.17, 15) is 0 Å². The van der Waals surface area contributed by atoms with Gasteiger partial charge in [0, 0.05) is 59.0 Å². The zero-order valence-electron chi connectivity index (χ0n) is 35.1. The second kappa shape index (κ2) is 15.1. The van der Waals surface area contributed by atoms with Gasteiger partial charge in [0.15, 0.2) is 34.9 Å². The molecule has 0 atom stereocenters. The van der Waals surface area contributed by atoms with Gasteiger partial charge in [-0.15, -0.1) is 11.3 Å². The summed E-state index contributed by atoms with van der Waals surface area (Å²) in [7, 11) is 0. The number of hydrogen-bond acceptors (Lipinski definition) is 7. The van der Waals surface area contributed by atoms with E-state index < -0.39 is 0 Å². The smallest absolute Gasteiger partial charge is 0.164 e. The second-order valence-corrected chi connectivity index (χ2v) is 17.7. The molecule has 8 aromatic carbocycles. The average molecular weight is 839 g/mol. The summed E-state index contributed by atoms with van der Waals surface area (Å²) in [5.41, 5.74) is 12.2. The van der Waals surface area contributed by atoms with E-state index in [1.54, 1.807) is 11.3 Å². The summed E-state index contributed by atoms with van der Waals surface area (Å²) in [5.74, 6) is 3.52. The van der Waals surface area contributed by atoms with E-state index in [2.05, 4.69) is 129 Å². The first kappa shape index (κ1) is 37.7.